The number of anilines is 1. The fourth-order valence-corrected chi connectivity index (χ4v) is 6.02. The van der Waals surface area contributed by atoms with E-state index in [2.05, 4.69) is 40.1 Å². The standard InChI is InChI=1S/C19H21IN2O3S/c1-9-4-5-11-14(6-9)26-19-15(11)18(23)21-17(22-19)10-7-12(20)16(25-3)13(8-10)24-2/h7-9,17,22H,4-6H2,1-3H3,(H,21,23)/t9-,17+/m1/s1. The van der Waals surface area contributed by atoms with Crippen LogP contribution in [-0.2, 0) is 12.8 Å². The van der Waals surface area contributed by atoms with Crippen LogP contribution in [0.2, 0.25) is 0 Å². The second-order valence-electron chi connectivity index (χ2n) is 6.84. The number of carbonyl (C=O) groups is 1. The molecule has 1 aliphatic carbocycles. The zero-order chi connectivity index (χ0) is 18.4. The van der Waals surface area contributed by atoms with Gasteiger partial charge in [-0.1, -0.05) is 6.92 Å². The number of carbonyl (C=O) groups excluding carboxylic acids is 1. The number of fused-ring (bicyclic) bond motifs is 3. The maximum Gasteiger partial charge on any atom is 0.256 e. The van der Waals surface area contributed by atoms with E-state index in [0.29, 0.717) is 17.4 Å². The van der Waals surface area contributed by atoms with Crippen LogP contribution < -0.4 is 20.1 Å². The first kappa shape index (κ1) is 17.9. The van der Waals surface area contributed by atoms with Crippen LogP contribution >= 0.6 is 33.9 Å². The fraction of sp³-hybridized carbons (Fsp3) is 0.421. The van der Waals surface area contributed by atoms with Crippen molar-refractivity contribution >= 4 is 44.8 Å². The van der Waals surface area contributed by atoms with Crippen molar-refractivity contribution in [3.05, 3.63) is 37.3 Å². The van der Waals surface area contributed by atoms with Gasteiger partial charge in [-0.05, 0) is 71.0 Å². The van der Waals surface area contributed by atoms with E-state index in [0.717, 1.165) is 39.0 Å². The molecular formula is C19H21IN2O3S. The van der Waals surface area contributed by atoms with Crippen molar-refractivity contribution in [1.29, 1.82) is 0 Å². The van der Waals surface area contributed by atoms with Gasteiger partial charge in [-0.25, -0.2) is 0 Å². The third-order valence-corrected chi connectivity index (χ3v) is 7.07. The number of nitrogens with one attached hydrogen (secondary N) is 2. The fourth-order valence-electron chi connectivity index (χ4n) is 3.73. The van der Waals surface area contributed by atoms with Crippen LogP contribution in [0.25, 0.3) is 0 Å². The quantitative estimate of drug-likeness (QED) is 0.637. The van der Waals surface area contributed by atoms with E-state index in [1.54, 1.807) is 25.6 Å². The highest BCUT2D eigenvalue weighted by atomic mass is 127. The molecule has 0 bridgehead atoms. The molecule has 5 nitrogen and oxygen atoms in total. The molecule has 2 N–H and O–H groups in total. The lowest BCUT2D eigenvalue weighted by atomic mass is 9.88. The van der Waals surface area contributed by atoms with E-state index in [-0.39, 0.29) is 12.1 Å². The number of thiophene rings is 1. The number of benzene rings is 1. The summed E-state index contributed by atoms with van der Waals surface area (Å²) in [6.07, 6.45) is 2.94. The SMILES string of the molecule is COc1cc([C@H]2NC(=O)c3c(sc4c3CC[C@@H](C)C4)N2)cc(I)c1OC. The molecule has 7 heteroatoms. The van der Waals surface area contributed by atoms with Gasteiger partial charge in [0.1, 0.15) is 11.2 Å². The number of halogens is 1. The number of rotatable bonds is 3. The highest BCUT2D eigenvalue weighted by molar-refractivity contribution is 14.1. The van der Waals surface area contributed by atoms with Crippen molar-refractivity contribution in [2.24, 2.45) is 5.92 Å². The molecule has 0 saturated carbocycles. The van der Waals surface area contributed by atoms with Crippen LogP contribution in [0.5, 0.6) is 11.5 Å². The average molecular weight is 484 g/mol. The molecule has 26 heavy (non-hydrogen) atoms. The minimum atomic E-state index is -0.277. The van der Waals surface area contributed by atoms with Crippen LogP contribution in [-0.4, -0.2) is 20.1 Å². The van der Waals surface area contributed by atoms with Crippen molar-refractivity contribution < 1.29 is 14.3 Å². The second-order valence-corrected chi connectivity index (χ2v) is 9.11. The Morgan fingerprint density at radius 2 is 2.04 bits per heavy atom. The summed E-state index contributed by atoms with van der Waals surface area (Å²) in [5, 5.41) is 7.62. The van der Waals surface area contributed by atoms with Crippen molar-refractivity contribution in [1.82, 2.24) is 5.32 Å². The Balaban J connectivity index is 1.70. The van der Waals surface area contributed by atoms with Gasteiger partial charge in [0, 0.05) is 4.88 Å². The molecule has 0 saturated heterocycles. The lowest BCUT2D eigenvalue weighted by Gasteiger charge is -2.27. The predicted molar refractivity (Wildman–Crippen MR) is 112 cm³/mol. The predicted octanol–water partition coefficient (Wildman–Crippen LogP) is 4.35. The van der Waals surface area contributed by atoms with Gasteiger partial charge in [-0.3, -0.25) is 4.79 Å². The van der Waals surface area contributed by atoms with E-state index in [1.165, 1.54) is 10.4 Å². The summed E-state index contributed by atoms with van der Waals surface area (Å²) >= 11 is 3.96. The Morgan fingerprint density at radius 3 is 2.77 bits per heavy atom. The Labute approximate surface area is 170 Å². The summed E-state index contributed by atoms with van der Waals surface area (Å²) in [6, 6.07) is 3.93. The lowest BCUT2D eigenvalue weighted by Crippen LogP contribution is -2.38. The first-order valence-electron chi connectivity index (χ1n) is 8.65. The number of methoxy groups -OCH3 is 2. The highest BCUT2D eigenvalue weighted by Gasteiger charge is 2.33. The van der Waals surface area contributed by atoms with Gasteiger partial charge in [-0.2, -0.15) is 0 Å². The normalized spacial score (nSPS) is 21.3. The first-order chi connectivity index (χ1) is 12.5. The van der Waals surface area contributed by atoms with Crippen LogP contribution in [0.3, 0.4) is 0 Å². The highest BCUT2D eigenvalue weighted by Crippen LogP contribution is 2.43. The molecule has 138 valence electrons. The minimum absolute atomic E-state index is 0.0144. The molecule has 2 aliphatic rings. The first-order valence-corrected chi connectivity index (χ1v) is 10.5. The Morgan fingerprint density at radius 1 is 1.23 bits per heavy atom. The maximum absolute atomic E-state index is 12.8. The molecule has 0 fully saturated rings. The van der Waals surface area contributed by atoms with Crippen molar-refractivity contribution in [3.63, 3.8) is 0 Å². The van der Waals surface area contributed by atoms with E-state index >= 15 is 0 Å². The Kier molecular flexibility index (Phi) is 4.77. The molecule has 0 spiro atoms. The van der Waals surface area contributed by atoms with Crippen LogP contribution in [0.15, 0.2) is 12.1 Å². The van der Waals surface area contributed by atoms with Gasteiger partial charge >= 0.3 is 0 Å². The van der Waals surface area contributed by atoms with Crippen LogP contribution in [0.1, 0.15) is 45.9 Å². The number of ether oxygens (including phenoxy) is 2. The van der Waals surface area contributed by atoms with Crippen molar-refractivity contribution in [2.75, 3.05) is 19.5 Å². The third-order valence-electron chi connectivity index (χ3n) is 5.08. The van der Waals surface area contributed by atoms with E-state index in [9.17, 15) is 4.79 Å². The molecule has 0 radical (unpaired) electrons. The topological polar surface area (TPSA) is 59.6 Å². The smallest absolute Gasteiger partial charge is 0.256 e. The molecule has 1 aromatic heterocycles. The monoisotopic (exact) mass is 484 g/mol. The third kappa shape index (κ3) is 2.94. The number of hydrogen-bond donors (Lipinski definition) is 2. The number of amides is 1. The molecule has 2 aromatic rings. The molecule has 1 aromatic carbocycles. The van der Waals surface area contributed by atoms with Gasteiger partial charge in [0.2, 0.25) is 0 Å². The van der Waals surface area contributed by atoms with Crippen LogP contribution in [0, 0.1) is 9.49 Å². The van der Waals surface area contributed by atoms with Gasteiger partial charge in [0.15, 0.2) is 11.5 Å². The van der Waals surface area contributed by atoms with E-state index < -0.39 is 0 Å². The van der Waals surface area contributed by atoms with Gasteiger partial charge in [-0.15, -0.1) is 11.3 Å². The Bertz CT molecular complexity index is 880. The van der Waals surface area contributed by atoms with Crippen LogP contribution in [0.4, 0.5) is 5.00 Å². The lowest BCUT2D eigenvalue weighted by molar-refractivity contribution is 0.0935. The molecule has 4 rings (SSSR count). The summed E-state index contributed by atoms with van der Waals surface area (Å²) in [5.74, 6) is 2.07. The Hall–Kier alpha value is -1.48. The maximum atomic E-state index is 12.8. The van der Waals surface area contributed by atoms with Gasteiger partial charge in [0.05, 0.1) is 23.4 Å². The van der Waals surface area contributed by atoms with E-state index in [4.69, 9.17) is 9.47 Å². The largest absolute Gasteiger partial charge is 0.493 e. The second kappa shape index (κ2) is 6.92. The zero-order valence-electron chi connectivity index (χ0n) is 14.9. The summed E-state index contributed by atoms with van der Waals surface area (Å²) in [4.78, 5) is 14.2. The average Bonchev–Trinajstić information content (AvgIpc) is 2.98. The van der Waals surface area contributed by atoms with Crippen molar-refractivity contribution in [2.45, 2.75) is 32.4 Å². The molecule has 1 aliphatic heterocycles. The zero-order valence-corrected chi connectivity index (χ0v) is 17.9. The summed E-state index contributed by atoms with van der Waals surface area (Å²) in [5.41, 5.74) is 3.04. The van der Waals surface area contributed by atoms with Gasteiger partial charge < -0.3 is 20.1 Å². The summed E-state index contributed by atoms with van der Waals surface area (Å²) in [7, 11) is 3.25. The van der Waals surface area contributed by atoms with E-state index in [1.807, 2.05) is 12.1 Å². The van der Waals surface area contributed by atoms with Gasteiger partial charge in [0.25, 0.3) is 5.91 Å². The number of hydrogen-bond acceptors (Lipinski definition) is 5. The molecule has 2 atom stereocenters. The minimum Gasteiger partial charge on any atom is -0.493 e. The summed E-state index contributed by atoms with van der Waals surface area (Å²) in [6.45, 7) is 2.28. The summed E-state index contributed by atoms with van der Waals surface area (Å²) < 4.78 is 11.8. The molecule has 0 unspecified atom stereocenters. The molecule has 2 heterocycles. The molecular weight excluding hydrogens is 463 g/mol. The molecule has 1 amide bonds. The van der Waals surface area contributed by atoms with Crippen molar-refractivity contribution in [3.8, 4) is 11.5 Å².